The van der Waals surface area contributed by atoms with Gasteiger partial charge in [0.05, 0.1) is 22.5 Å². The normalized spacial score (nSPS) is 15.7. The van der Waals surface area contributed by atoms with Gasteiger partial charge in [-0.15, -0.1) is 0 Å². The van der Waals surface area contributed by atoms with Crippen molar-refractivity contribution in [1.82, 2.24) is 0 Å². The minimum atomic E-state index is -0.186. The smallest absolute Gasteiger partial charge is 0.198 e. The number of aryl methyl sites for hydroxylation is 1. The molecule has 0 radical (unpaired) electrons. The molecule has 1 saturated carbocycles. The van der Waals surface area contributed by atoms with Gasteiger partial charge in [-0.3, -0.25) is 9.59 Å². The summed E-state index contributed by atoms with van der Waals surface area (Å²) < 4.78 is 0. The molecule has 0 amide bonds. The van der Waals surface area contributed by atoms with Gasteiger partial charge in [-0.1, -0.05) is 164 Å². The second-order valence-electron chi connectivity index (χ2n) is 20.8. The van der Waals surface area contributed by atoms with Gasteiger partial charge in [0.15, 0.2) is 11.6 Å². The average molecular weight is 961 g/mol. The number of ketones is 2. The van der Waals surface area contributed by atoms with E-state index in [0.717, 1.165) is 61.7 Å². The third kappa shape index (κ3) is 11.0. The van der Waals surface area contributed by atoms with Crippen LogP contribution in [0, 0.1) is 5.92 Å². The van der Waals surface area contributed by atoms with Crippen molar-refractivity contribution in [2.45, 2.75) is 143 Å². The molecule has 0 aliphatic heterocycles. The van der Waals surface area contributed by atoms with E-state index >= 15 is 9.59 Å². The zero-order valence-corrected chi connectivity index (χ0v) is 43.7. The molecule has 6 heteroatoms. The summed E-state index contributed by atoms with van der Waals surface area (Å²) in [6.45, 7) is 15.5. The molecule has 0 bridgehead atoms. The van der Waals surface area contributed by atoms with Gasteiger partial charge in [0.1, 0.15) is 0 Å². The number of anilines is 4. The van der Waals surface area contributed by atoms with Crippen LogP contribution in [0.15, 0.2) is 165 Å². The van der Waals surface area contributed by atoms with E-state index in [0.29, 0.717) is 45.5 Å². The Morgan fingerprint density at radius 1 is 0.543 bits per heavy atom. The van der Waals surface area contributed by atoms with Crippen LogP contribution in [0.1, 0.15) is 166 Å². The van der Waals surface area contributed by atoms with Crippen molar-refractivity contribution >= 4 is 57.8 Å². The van der Waals surface area contributed by atoms with Crippen LogP contribution in [0.4, 0.5) is 22.7 Å². The molecule has 4 nitrogen and oxygen atoms in total. The second-order valence-corrected chi connectivity index (χ2v) is 23.1. The zero-order valence-electron chi connectivity index (χ0n) is 42.1. The maximum absolute atomic E-state index is 15.7. The number of carbonyl (C=O) groups excluding carboxylic acids is 2. The third-order valence-corrected chi connectivity index (χ3v) is 16.6. The number of benzene rings is 7. The summed E-state index contributed by atoms with van der Waals surface area (Å²) in [7, 11) is 0. The SMILES string of the molecule is CCCCc1ccc(Nc2ccc(Sc3ccc(C(C)(C)C)cc3)c3c2C(=O)c2c(Nc4ccc(C(C)C)cc4)ccc(Sc4ccc(-c5ccc(C6CCC(CCC)CC6)cc5)cc4)c2C3=O)cc1. The highest BCUT2D eigenvalue weighted by molar-refractivity contribution is 7.99. The van der Waals surface area contributed by atoms with Crippen LogP contribution in [-0.4, -0.2) is 11.6 Å². The summed E-state index contributed by atoms with van der Waals surface area (Å²) in [5.41, 5.74) is 12.1. The Kier molecular flexibility index (Phi) is 15.2. The Morgan fingerprint density at radius 3 is 1.51 bits per heavy atom. The predicted octanol–water partition coefficient (Wildman–Crippen LogP) is 18.8. The number of fused-ring (bicyclic) bond motifs is 2. The lowest BCUT2D eigenvalue weighted by molar-refractivity contribution is 0.0976. The molecule has 9 rings (SSSR count). The van der Waals surface area contributed by atoms with Crippen molar-refractivity contribution < 1.29 is 9.59 Å². The largest absolute Gasteiger partial charge is 0.355 e. The zero-order chi connectivity index (χ0) is 48.9. The summed E-state index contributed by atoms with van der Waals surface area (Å²) in [5.74, 6) is 1.60. The van der Waals surface area contributed by atoms with E-state index in [-0.39, 0.29) is 17.0 Å². The minimum absolute atomic E-state index is 0.00478. The number of unbranched alkanes of at least 4 members (excludes halogenated alkanes) is 1. The van der Waals surface area contributed by atoms with Crippen molar-refractivity contribution in [2.75, 3.05) is 10.6 Å². The van der Waals surface area contributed by atoms with Gasteiger partial charge < -0.3 is 10.6 Å². The lowest BCUT2D eigenvalue weighted by Crippen LogP contribution is -2.25. The van der Waals surface area contributed by atoms with Gasteiger partial charge in [-0.2, -0.15) is 0 Å². The Bertz CT molecular complexity index is 2940. The fraction of sp³-hybridized carbons (Fsp3) is 0.312. The molecule has 0 heterocycles. The molecule has 2 aliphatic carbocycles. The standard InChI is InChI=1S/C64H68N2O2S2/c1-8-10-12-43-15-29-50(30-16-43)65-54-37-40-57(70-53-35-27-49(28-36-53)64(5,6)7)61-58(54)62(67)59-55(66-51-31-23-44(24-32-51)41(3)4)38-39-56(60(59)63(61)68)69-52-33-25-48(26-34-52)47-21-19-46(20-22-47)45-17-13-42(11-9-2)14-18-45/h15-16,19-42,45,65-66H,8-14,17-18H2,1-7H3. The molecule has 2 N–H and O–H groups in total. The molecule has 0 atom stereocenters. The van der Waals surface area contributed by atoms with Crippen LogP contribution in [-0.2, 0) is 11.8 Å². The lowest BCUT2D eigenvalue weighted by atomic mass is 9.77. The summed E-state index contributed by atoms with van der Waals surface area (Å²) in [5, 5.41) is 7.17. The number of rotatable bonds is 16. The van der Waals surface area contributed by atoms with Crippen LogP contribution in [0.3, 0.4) is 0 Å². The van der Waals surface area contributed by atoms with Crippen LogP contribution < -0.4 is 10.6 Å². The number of hydrogen-bond acceptors (Lipinski definition) is 6. The highest BCUT2D eigenvalue weighted by Gasteiger charge is 2.38. The first-order valence-corrected chi connectivity index (χ1v) is 27.3. The summed E-state index contributed by atoms with van der Waals surface area (Å²) >= 11 is 3.07. The Balaban J connectivity index is 1.08. The first-order valence-electron chi connectivity index (χ1n) is 25.7. The van der Waals surface area contributed by atoms with Crippen LogP contribution >= 0.6 is 23.5 Å². The first-order chi connectivity index (χ1) is 33.9. The topological polar surface area (TPSA) is 58.2 Å². The van der Waals surface area contributed by atoms with Crippen molar-refractivity contribution in [2.24, 2.45) is 5.92 Å². The molecule has 1 fully saturated rings. The maximum Gasteiger partial charge on any atom is 0.198 e. The van der Waals surface area contributed by atoms with Crippen molar-refractivity contribution in [1.29, 1.82) is 0 Å². The molecule has 0 aromatic heterocycles. The summed E-state index contributed by atoms with van der Waals surface area (Å²) in [6.07, 6.45) is 11.2. The predicted molar refractivity (Wildman–Crippen MR) is 297 cm³/mol. The quantitative estimate of drug-likeness (QED) is 0.101. The molecule has 70 heavy (non-hydrogen) atoms. The second kappa shape index (κ2) is 21.7. The Hall–Kier alpha value is -5.82. The highest BCUT2D eigenvalue weighted by Crippen LogP contribution is 2.47. The van der Waals surface area contributed by atoms with Gasteiger partial charge in [-0.05, 0) is 168 Å². The maximum atomic E-state index is 15.7. The monoisotopic (exact) mass is 960 g/mol. The van der Waals surface area contributed by atoms with Crippen LogP contribution in [0.25, 0.3) is 11.1 Å². The van der Waals surface area contributed by atoms with Gasteiger partial charge in [0.2, 0.25) is 0 Å². The molecule has 7 aromatic rings. The molecular formula is C64H68N2O2S2. The summed E-state index contributed by atoms with van der Waals surface area (Å²) in [6, 6.07) is 51.2. The van der Waals surface area contributed by atoms with Crippen LogP contribution in [0.2, 0.25) is 0 Å². The molecule has 358 valence electrons. The number of nitrogens with one attached hydrogen (secondary N) is 2. The molecule has 0 spiro atoms. The average Bonchev–Trinajstić information content (AvgIpc) is 3.37. The minimum Gasteiger partial charge on any atom is -0.355 e. The van der Waals surface area contributed by atoms with Crippen LogP contribution in [0.5, 0.6) is 0 Å². The van der Waals surface area contributed by atoms with E-state index in [1.807, 2.05) is 24.3 Å². The lowest BCUT2D eigenvalue weighted by Gasteiger charge is -2.28. The van der Waals surface area contributed by atoms with Crippen molar-refractivity contribution in [3.63, 3.8) is 0 Å². The number of carbonyl (C=O) groups is 2. The van der Waals surface area contributed by atoms with Crippen molar-refractivity contribution in [3.05, 3.63) is 190 Å². The fourth-order valence-electron chi connectivity index (χ4n) is 10.2. The van der Waals surface area contributed by atoms with Gasteiger partial charge in [0, 0.05) is 42.1 Å². The van der Waals surface area contributed by atoms with Crippen molar-refractivity contribution in [3.8, 4) is 11.1 Å². The molecule has 0 unspecified atom stereocenters. The van der Waals surface area contributed by atoms with E-state index < -0.39 is 0 Å². The molecule has 0 saturated heterocycles. The Labute approximate surface area is 425 Å². The van der Waals surface area contributed by atoms with E-state index in [4.69, 9.17) is 0 Å². The number of hydrogen-bond donors (Lipinski definition) is 2. The molecule has 7 aromatic carbocycles. The van der Waals surface area contributed by atoms with E-state index in [1.54, 1.807) is 0 Å². The summed E-state index contributed by atoms with van der Waals surface area (Å²) in [4.78, 5) is 34.9. The van der Waals surface area contributed by atoms with Gasteiger partial charge in [-0.25, -0.2) is 0 Å². The molecule has 2 aliphatic rings. The van der Waals surface area contributed by atoms with E-state index in [2.05, 4.69) is 180 Å². The first kappa shape index (κ1) is 49.2. The highest BCUT2D eigenvalue weighted by atomic mass is 32.2. The van der Waals surface area contributed by atoms with Gasteiger partial charge in [0.25, 0.3) is 0 Å². The van der Waals surface area contributed by atoms with E-state index in [1.165, 1.54) is 89.9 Å². The molecular weight excluding hydrogens is 893 g/mol. The van der Waals surface area contributed by atoms with Gasteiger partial charge >= 0.3 is 0 Å². The van der Waals surface area contributed by atoms with E-state index in [9.17, 15) is 0 Å². The third-order valence-electron chi connectivity index (χ3n) is 14.4. The fourth-order valence-corrected chi connectivity index (χ4v) is 12.2. The Morgan fingerprint density at radius 2 is 1.03 bits per heavy atom.